The maximum Gasteiger partial charge on any atom is 0.405 e. The molecular weight excluding hydrogens is 383 g/mol. The van der Waals surface area contributed by atoms with Crippen molar-refractivity contribution < 1.29 is 24.1 Å². The summed E-state index contributed by atoms with van der Waals surface area (Å²) in [6.07, 6.45) is 0. The molecule has 8 nitrogen and oxygen atoms in total. The number of aromatic nitrogens is 1. The SMILES string of the molecule is CCNC(=O)[C@@H](C)NC(=O)COC(=O)c1[nH+]c(Cl)c(Cl)c(N)c1Cl. The molecule has 0 aliphatic heterocycles. The number of hydrogen-bond donors (Lipinski definition) is 3. The number of hydrogen-bond acceptors (Lipinski definition) is 5. The molecule has 0 aliphatic carbocycles. The van der Waals surface area contributed by atoms with Crippen molar-refractivity contribution in [1.82, 2.24) is 10.6 Å². The zero-order chi connectivity index (χ0) is 18.4. The smallest absolute Gasteiger partial charge is 0.405 e. The first-order valence-corrected chi connectivity index (χ1v) is 7.91. The second-order valence-corrected chi connectivity index (χ2v) is 5.75. The van der Waals surface area contributed by atoms with Crippen molar-refractivity contribution in [3.8, 4) is 0 Å². The average molecular weight is 399 g/mol. The van der Waals surface area contributed by atoms with E-state index in [9.17, 15) is 14.4 Å². The summed E-state index contributed by atoms with van der Waals surface area (Å²) < 4.78 is 4.81. The maximum absolute atomic E-state index is 12.0. The first-order valence-electron chi connectivity index (χ1n) is 6.78. The number of halogens is 3. The van der Waals surface area contributed by atoms with Crippen LogP contribution < -0.4 is 21.4 Å². The molecule has 1 rings (SSSR count). The monoisotopic (exact) mass is 397 g/mol. The predicted octanol–water partition coefficient (Wildman–Crippen LogP) is 0.841. The molecule has 24 heavy (non-hydrogen) atoms. The highest BCUT2D eigenvalue weighted by Crippen LogP contribution is 2.32. The van der Waals surface area contributed by atoms with Crippen LogP contribution in [0.5, 0.6) is 0 Å². The summed E-state index contributed by atoms with van der Waals surface area (Å²) in [5.74, 6) is -1.97. The molecule has 1 heterocycles. The normalized spacial score (nSPS) is 11.5. The van der Waals surface area contributed by atoms with Crippen LogP contribution in [-0.4, -0.2) is 37.0 Å². The fourth-order valence-electron chi connectivity index (χ4n) is 1.59. The lowest BCUT2D eigenvalue weighted by Gasteiger charge is -2.13. The molecule has 11 heteroatoms. The topological polar surface area (TPSA) is 125 Å². The number of carbonyl (C=O) groups excluding carboxylic acids is 3. The number of nitrogens with one attached hydrogen (secondary N) is 3. The van der Waals surface area contributed by atoms with Crippen molar-refractivity contribution in [2.45, 2.75) is 19.9 Å². The van der Waals surface area contributed by atoms with Crippen LogP contribution in [0, 0.1) is 0 Å². The number of ether oxygens (including phenoxy) is 1. The van der Waals surface area contributed by atoms with E-state index in [1.807, 2.05) is 0 Å². The number of esters is 1. The molecule has 0 spiro atoms. The van der Waals surface area contributed by atoms with Gasteiger partial charge in [0, 0.05) is 6.54 Å². The Morgan fingerprint density at radius 1 is 1.25 bits per heavy atom. The second kappa shape index (κ2) is 8.91. The Kier molecular flexibility index (Phi) is 7.53. The quantitative estimate of drug-likeness (QED) is 0.484. The number of H-pyrrole nitrogens is 1. The van der Waals surface area contributed by atoms with Gasteiger partial charge in [-0.1, -0.05) is 23.2 Å². The van der Waals surface area contributed by atoms with Crippen molar-refractivity contribution in [3.63, 3.8) is 0 Å². The zero-order valence-electron chi connectivity index (χ0n) is 12.8. The minimum absolute atomic E-state index is 0.0354. The van der Waals surface area contributed by atoms with E-state index in [0.29, 0.717) is 6.54 Å². The third kappa shape index (κ3) is 5.12. The summed E-state index contributed by atoms with van der Waals surface area (Å²) in [7, 11) is 0. The Hall–Kier alpha value is -1.77. The van der Waals surface area contributed by atoms with Crippen molar-refractivity contribution >= 4 is 58.3 Å². The lowest BCUT2D eigenvalue weighted by Crippen LogP contribution is -2.46. The van der Waals surface area contributed by atoms with Crippen molar-refractivity contribution in [2.24, 2.45) is 0 Å². The number of anilines is 1. The van der Waals surface area contributed by atoms with E-state index in [0.717, 1.165) is 0 Å². The third-order valence-corrected chi connectivity index (χ3v) is 3.95. The van der Waals surface area contributed by atoms with Crippen LogP contribution in [0.4, 0.5) is 5.69 Å². The van der Waals surface area contributed by atoms with Crippen molar-refractivity contribution in [1.29, 1.82) is 0 Å². The Balaban J connectivity index is 2.67. The summed E-state index contributed by atoms with van der Waals surface area (Å²) in [5.41, 5.74) is 5.27. The standard InChI is InChI=1S/C13H15Cl3N4O4/c1-3-18-12(22)5(2)19-6(21)4-24-13(23)10-7(14)9(17)8(15)11(16)20-10/h5H,3-4H2,1-2H3,(H2,17,20)(H,18,22)(H,19,21)/p+1/t5-/m1/s1. The van der Waals surface area contributed by atoms with Gasteiger partial charge in [-0.25, -0.2) is 4.79 Å². The van der Waals surface area contributed by atoms with Crippen LogP contribution in [0.2, 0.25) is 15.2 Å². The Morgan fingerprint density at radius 2 is 1.88 bits per heavy atom. The number of likely N-dealkylation sites (N-methyl/N-ethyl adjacent to an activating group) is 1. The number of pyridine rings is 1. The molecule has 0 radical (unpaired) electrons. The highest BCUT2D eigenvalue weighted by atomic mass is 35.5. The number of nitrogens with two attached hydrogens (primary N) is 1. The van der Waals surface area contributed by atoms with Gasteiger partial charge < -0.3 is 21.1 Å². The number of rotatable bonds is 6. The minimum Gasteiger partial charge on any atom is -0.448 e. The molecule has 2 amide bonds. The predicted molar refractivity (Wildman–Crippen MR) is 89.0 cm³/mol. The molecular formula is C13H16Cl3N4O4+. The van der Waals surface area contributed by atoms with Gasteiger partial charge in [0.05, 0.1) is 5.69 Å². The molecule has 1 atom stereocenters. The highest BCUT2D eigenvalue weighted by Gasteiger charge is 2.28. The molecule has 1 aromatic rings. The number of amides is 2. The van der Waals surface area contributed by atoms with Gasteiger partial charge in [0.2, 0.25) is 5.91 Å². The van der Waals surface area contributed by atoms with Gasteiger partial charge in [-0.2, -0.15) is 4.98 Å². The van der Waals surface area contributed by atoms with Crippen molar-refractivity contribution in [2.75, 3.05) is 18.9 Å². The van der Waals surface area contributed by atoms with Gasteiger partial charge in [0.1, 0.15) is 16.1 Å². The Labute approximate surface area is 153 Å². The highest BCUT2D eigenvalue weighted by molar-refractivity contribution is 6.45. The molecule has 132 valence electrons. The average Bonchev–Trinajstić information content (AvgIpc) is 2.54. The van der Waals surface area contributed by atoms with E-state index in [2.05, 4.69) is 15.6 Å². The molecule has 0 fully saturated rings. The van der Waals surface area contributed by atoms with Crippen molar-refractivity contribution in [3.05, 3.63) is 20.9 Å². The largest absolute Gasteiger partial charge is 0.448 e. The van der Waals surface area contributed by atoms with E-state index in [1.54, 1.807) is 6.92 Å². The zero-order valence-corrected chi connectivity index (χ0v) is 15.1. The van der Waals surface area contributed by atoms with Crippen LogP contribution in [-0.2, 0) is 14.3 Å². The Morgan fingerprint density at radius 3 is 2.46 bits per heavy atom. The molecule has 0 unspecified atom stereocenters. The summed E-state index contributed by atoms with van der Waals surface area (Å²) in [6.45, 7) is 3.06. The Bertz CT molecular complexity index is 669. The van der Waals surface area contributed by atoms with Crippen LogP contribution in [0.25, 0.3) is 0 Å². The molecule has 0 saturated carbocycles. The second-order valence-electron chi connectivity index (χ2n) is 4.62. The van der Waals surface area contributed by atoms with Gasteiger partial charge in [-0.15, -0.1) is 0 Å². The van der Waals surface area contributed by atoms with E-state index < -0.39 is 24.5 Å². The van der Waals surface area contributed by atoms with Gasteiger partial charge in [-0.3, -0.25) is 9.59 Å². The summed E-state index contributed by atoms with van der Waals surface area (Å²) in [5, 5.41) is 4.61. The first-order chi connectivity index (χ1) is 11.2. The van der Waals surface area contributed by atoms with Gasteiger partial charge in [-0.05, 0) is 25.4 Å². The third-order valence-electron chi connectivity index (χ3n) is 2.78. The number of aromatic amines is 1. The minimum atomic E-state index is -0.953. The fraction of sp³-hybridized carbons (Fsp3) is 0.385. The molecule has 1 aromatic heterocycles. The van der Waals surface area contributed by atoms with Crippen LogP contribution in [0.15, 0.2) is 0 Å². The molecule has 0 aliphatic rings. The van der Waals surface area contributed by atoms with E-state index in [4.69, 9.17) is 45.3 Å². The fourth-order valence-corrected chi connectivity index (χ4v) is 2.19. The van der Waals surface area contributed by atoms with Gasteiger partial charge in [0.15, 0.2) is 6.61 Å². The van der Waals surface area contributed by atoms with E-state index >= 15 is 0 Å². The van der Waals surface area contributed by atoms with E-state index in [1.165, 1.54) is 6.92 Å². The van der Waals surface area contributed by atoms with E-state index in [-0.39, 0.29) is 32.5 Å². The number of nitrogen functional groups attached to an aromatic ring is 1. The van der Waals surface area contributed by atoms with Crippen LogP contribution >= 0.6 is 34.8 Å². The maximum atomic E-state index is 12.0. The summed E-state index contributed by atoms with van der Waals surface area (Å²) in [4.78, 5) is 37.6. The van der Waals surface area contributed by atoms with Crippen LogP contribution in [0.3, 0.4) is 0 Å². The molecule has 5 N–H and O–H groups in total. The number of carbonyl (C=O) groups is 3. The summed E-state index contributed by atoms with van der Waals surface area (Å²) >= 11 is 17.4. The van der Waals surface area contributed by atoms with Gasteiger partial charge >= 0.3 is 11.7 Å². The molecule has 0 aromatic carbocycles. The lowest BCUT2D eigenvalue weighted by atomic mass is 10.3. The molecule has 0 saturated heterocycles. The summed E-state index contributed by atoms with van der Waals surface area (Å²) in [6, 6.07) is -0.771. The lowest BCUT2D eigenvalue weighted by molar-refractivity contribution is -0.380. The van der Waals surface area contributed by atoms with Gasteiger partial charge in [0.25, 0.3) is 11.1 Å². The molecule has 0 bridgehead atoms. The van der Waals surface area contributed by atoms with Crippen LogP contribution in [0.1, 0.15) is 24.3 Å². The first kappa shape index (κ1) is 20.3.